The highest BCUT2D eigenvalue weighted by molar-refractivity contribution is 7.89. The Bertz CT molecular complexity index is 1080. The molecule has 0 aromatic heterocycles. The smallest absolute Gasteiger partial charge is 0.338 e. The second-order valence-electron chi connectivity index (χ2n) is 6.62. The van der Waals surface area contributed by atoms with E-state index < -0.39 is 28.4 Å². The van der Waals surface area contributed by atoms with Crippen LogP contribution in [0, 0.1) is 6.92 Å². The fourth-order valence-electron chi connectivity index (χ4n) is 2.93. The summed E-state index contributed by atoms with van der Waals surface area (Å²) in [4.78, 5) is 24.8. The number of rotatable bonds is 6. The molecule has 0 bridgehead atoms. The molecule has 0 N–H and O–H groups in total. The molecule has 3 rings (SSSR count). The number of morpholine rings is 1. The van der Waals surface area contributed by atoms with Crippen LogP contribution in [0.25, 0.3) is 0 Å². The summed E-state index contributed by atoms with van der Waals surface area (Å²) < 4.78 is 37.5. The summed E-state index contributed by atoms with van der Waals surface area (Å²) in [5.41, 5.74) is 0.661. The number of hydrogen-bond donors (Lipinski definition) is 0. The highest BCUT2D eigenvalue weighted by Gasteiger charge is 2.28. The summed E-state index contributed by atoms with van der Waals surface area (Å²) in [6.45, 7) is 2.20. The van der Waals surface area contributed by atoms with Gasteiger partial charge < -0.3 is 9.47 Å². The molecule has 2 aromatic rings. The minimum absolute atomic E-state index is 0.0167. The molecule has 0 unspecified atom stereocenters. The molecular formula is C20H19Cl2NO6S. The molecule has 7 nitrogen and oxygen atoms in total. The maximum absolute atomic E-state index is 12.9. The number of hydrogen-bond acceptors (Lipinski definition) is 6. The van der Waals surface area contributed by atoms with E-state index in [4.69, 9.17) is 32.7 Å². The van der Waals surface area contributed by atoms with Crippen molar-refractivity contribution in [2.45, 2.75) is 11.8 Å². The van der Waals surface area contributed by atoms with Crippen LogP contribution in [0.1, 0.15) is 26.3 Å². The van der Waals surface area contributed by atoms with Gasteiger partial charge in [0.25, 0.3) is 0 Å². The van der Waals surface area contributed by atoms with E-state index in [1.54, 1.807) is 6.92 Å². The first-order valence-corrected chi connectivity index (χ1v) is 11.2. The van der Waals surface area contributed by atoms with Crippen molar-refractivity contribution in [1.82, 2.24) is 4.31 Å². The van der Waals surface area contributed by atoms with Crippen molar-refractivity contribution in [3.63, 3.8) is 0 Å². The summed E-state index contributed by atoms with van der Waals surface area (Å²) in [5.74, 6) is -1.34. The first kappa shape index (κ1) is 22.7. The first-order valence-electron chi connectivity index (χ1n) is 9.04. The number of benzene rings is 2. The van der Waals surface area contributed by atoms with E-state index in [0.29, 0.717) is 23.8 Å². The maximum Gasteiger partial charge on any atom is 0.338 e. The lowest BCUT2D eigenvalue weighted by molar-refractivity contribution is 0.0474. The number of ketones is 1. The van der Waals surface area contributed by atoms with Gasteiger partial charge in [0.1, 0.15) is 0 Å². The Balaban J connectivity index is 1.76. The van der Waals surface area contributed by atoms with Crippen LogP contribution in [-0.4, -0.2) is 57.4 Å². The van der Waals surface area contributed by atoms with E-state index >= 15 is 0 Å². The molecule has 0 saturated carbocycles. The zero-order chi connectivity index (χ0) is 21.9. The second kappa shape index (κ2) is 9.45. The van der Waals surface area contributed by atoms with Gasteiger partial charge in [0, 0.05) is 23.7 Å². The van der Waals surface area contributed by atoms with Gasteiger partial charge in [-0.2, -0.15) is 4.31 Å². The molecule has 1 fully saturated rings. The molecule has 0 atom stereocenters. The van der Waals surface area contributed by atoms with Gasteiger partial charge in [0.2, 0.25) is 15.8 Å². The van der Waals surface area contributed by atoms with E-state index in [2.05, 4.69) is 0 Å². The Morgan fingerprint density at radius 3 is 2.50 bits per heavy atom. The zero-order valence-electron chi connectivity index (χ0n) is 16.1. The van der Waals surface area contributed by atoms with Crippen molar-refractivity contribution >= 4 is 45.0 Å². The number of aryl methyl sites for hydroxylation is 1. The number of carbonyl (C=O) groups is 2. The number of nitrogens with zero attached hydrogens (tertiary/aromatic N) is 1. The summed E-state index contributed by atoms with van der Waals surface area (Å²) in [6, 6.07) is 8.64. The van der Waals surface area contributed by atoms with Crippen LogP contribution in [0.15, 0.2) is 41.3 Å². The third kappa shape index (κ3) is 5.01. The Morgan fingerprint density at radius 2 is 1.80 bits per heavy atom. The summed E-state index contributed by atoms with van der Waals surface area (Å²) in [6.07, 6.45) is 0. The van der Waals surface area contributed by atoms with Crippen molar-refractivity contribution in [2.24, 2.45) is 0 Å². The molecule has 1 heterocycles. The molecule has 0 spiro atoms. The van der Waals surface area contributed by atoms with Crippen molar-refractivity contribution in [2.75, 3.05) is 32.9 Å². The molecule has 30 heavy (non-hydrogen) atoms. The Labute approximate surface area is 184 Å². The fraction of sp³-hybridized carbons (Fsp3) is 0.300. The lowest BCUT2D eigenvalue weighted by Gasteiger charge is -2.26. The van der Waals surface area contributed by atoms with Crippen molar-refractivity contribution in [1.29, 1.82) is 0 Å². The van der Waals surface area contributed by atoms with Crippen LogP contribution in [0.5, 0.6) is 0 Å². The molecule has 160 valence electrons. The second-order valence-corrected chi connectivity index (χ2v) is 9.37. The largest absolute Gasteiger partial charge is 0.454 e. The minimum Gasteiger partial charge on any atom is -0.454 e. The topological polar surface area (TPSA) is 90.0 Å². The van der Waals surface area contributed by atoms with Crippen LogP contribution in [-0.2, 0) is 19.5 Å². The highest BCUT2D eigenvalue weighted by atomic mass is 35.5. The van der Waals surface area contributed by atoms with Crippen LogP contribution in [0.2, 0.25) is 10.0 Å². The van der Waals surface area contributed by atoms with Gasteiger partial charge in [-0.3, -0.25) is 4.79 Å². The molecule has 1 aliphatic rings. The van der Waals surface area contributed by atoms with Crippen LogP contribution in [0.3, 0.4) is 0 Å². The normalized spacial score (nSPS) is 15.0. The number of ether oxygens (including phenoxy) is 2. The molecule has 2 aromatic carbocycles. The van der Waals surface area contributed by atoms with Gasteiger partial charge in [-0.25, -0.2) is 13.2 Å². The van der Waals surface area contributed by atoms with E-state index in [1.807, 2.05) is 0 Å². The quantitative estimate of drug-likeness (QED) is 0.473. The predicted octanol–water partition coefficient (Wildman–Crippen LogP) is 3.36. The van der Waals surface area contributed by atoms with Crippen LogP contribution >= 0.6 is 23.2 Å². The minimum atomic E-state index is -3.79. The van der Waals surface area contributed by atoms with Crippen molar-refractivity contribution in [3.8, 4) is 0 Å². The number of Topliss-reactive ketones (excluding diaryl/α,β-unsaturated/α-hetero) is 1. The third-order valence-electron chi connectivity index (χ3n) is 4.57. The van der Waals surface area contributed by atoms with Crippen molar-refractivity contribution in [3.05, 3.63) is 63.1 Å². The maximum atomic E-state index is 12.9. The monoisotopic (exact) mass is 471 g/mol. The van der Waals surface area contributed by atoms with E-state index in [0.717, 1.165) is 0 Å². The lowest BCUT2D eigenvalue weighted by Crippen LogP contribution is -2.40. The van der Waals surface area contributed by atoms with Crippen LogP contribution in [0.4, 0.5) is 0 Å². The lowest BCUT2D eigenvalue weighted by atomic mass is 10.1. The molecular weight excluding hydrogens is 453 g/mol. The Kier molecular flexibility index (Phi) is 7.15. The summed E-state index contributed by atoms with van der Waals surface area (Å²) >= 11 is 11.9. The molecule has 0 radical (unpaired) electrons. The van der Waals surface area contributed by atoms with Gasteiger partial charge in [-0.1, -0.05) is 29.3 Å². The predicted molar refractivity (Wildman–Crippen MR) is 112 cm³/mol. The van der Waals surface area contributed by atoms with Crippen molar-refractivity contribution < 1.29 is 27.5 Å². The number of esters is 1. The standard InChI is InChI=1S/C20H19Cl2NO6S/c1-13-2-3-14(10-19(13)30(26,27)23-6-8-28-9-7-23)20(25)29-12-18(24)16-11-15(21)4-5-17(16)22/h2-5,10-11H,6-9,12H2,1H3. The SMILES string of the molecule is Cc1ccc(C(=O)OCC(=O)c2cc(Cl)ccc2Cl)cc1S(=O)(=O)N1CCOCC1. The van der Waals surface area contributed by atoms with Gasteiger partial charge in [0.05, 0.1) is 28.7 Å². The van der Waals surface area contributed by atoms with Gasteiger partial charge in [-0.05, 0) is 42.8 Å². The highest BCUT2D eigenvalue weighted by Crippen LogP contribution is 2.24. The van der Waals surface area contributed by atoms with E-state index in [-0.39, 0.29) is 34.1 Å². The molecule has 1 saturated heterocycles. The average molecular weight is 472 g/mol. The van der Waals surface area contributed by atoms with Gasteiger partial charge in [-0.15, -0.1) is 0 Å². The van der Waals surface area contributed by atoms with E-state index in [9.17, 15) is 18.0 Å². The summed E-state index contributed by atoms with van der Waals surface area (Å²) in [7, 11) is -3.79. The van der Waals surface area contributed by atoms with E-state index in [1.165, 1.54) is 40.7 Å². The molecule has 1 aliphatic heterocycles. The number of halogens is 2. The third-order valence-corrected chi connectivity index (χ3v) is 7.18. The summed E-state index contributed by atoms with van der Waals surface area (Å²) in [5, 5.41) is 0.514. The zero-order valence-corrected chi connectivity index (χ0v) is 18.4. The Hall–Kier alpha value is -1.97. The number of sulfonamides is 1. The molecule has 0 amide bonds. The average Bonchev–Trinajstić information content (AvgIpc) is 2.74. The molecule has 10 heteroatoms. The molecule has 0 aliphatic carbocycles. The van der Waals surface area contributed by atoms with Gasteiger partial charge in [0.15, 0.2) is 6.61 Å². The fourth-order valence-corrected chi connectivity index (χ4v) is 4.99. The first-order chi connectivity index (χ1) is 14.2. The van der Waals surface area contributed by atoms with Crippen LogP contribution < -0.4 is 0 Å². The Morgan fingerprint density at radius 1 is 1.10 bits per heavy atom. The number of carbonyl (C=O) groups excluding carboxylic acids is 2. The van der Waals surface area contributed by atoms with Gasteiger partial charge >= 0.3 is 5.97 Å².